The third kappa shape index (κ3) is 4.51. The molecule has 1 N–H and O–H groups in total. The number of likely N-dealkylation sites (N-methyl/N-ethyl adjacent to an activating group) is 1. The number of likely N-dealkylation sites (tertiary alicyclic amines) is 1. The Morgan fingerprint density at radius 3 is 2.52 bits per heavy atom. The molecule has 2 aromatic carbocycles. The van der Waals surface area contributed by atoms with E-state index < -0.39 is 10.0 Å². The highest BCUT2D eigenvalue weighted by Crippen LogP contribution is 2.33. The fourth-order valence-corrected chi connectivity index (χ4v) is 5.76. The van der Waals surface area contributed by atoms with Gasteiger partial charge in [0.2, 0.25) is 10.0 Å². The summed E-state index contributed by atoms with van der Waals surface area (Å²) in [7, 11) is 1.36. The highest BCUT2D eigenvalue weighted by molar-refractivity contribution is 7.89. The van der Waals surface area contributed by atoms with Crippen molar-refractivity contribution >= 4 is 15.7 Å². The zero-order valence-corrected chi connectivity index (χ0v) is 19.2. The average molecular weight is 446 g/mol. The van der Waals surface area contributed by atoms with Gasteiger partial charge in [-0.2, -0.15) is 0 Å². The second kappa shape index (κ2) is 9.06. The third-order valence-corrected chi connectivity index (χ3v) is 7.79. The van der Waals surface area contributed by atoms with Gasteiger partial charge in [0, 0.05) is 37.9 Å². The number of nitrogens with one attached hydrogen (secondary N) is 1. The molecule has 4 rings (SSSR count). The summed E-state index contributed by atoms with van der Waals surface area (Å²) in [5.74, 6) is 0.819. The smallest absolute Gasteiger partial charge is 0.244 e. The number of methoxy groups -OCH3 is 2. The van der Waals surface area contributed by atoms with Crippen molar-refractivity contribution in [3.8, 4) is 11.5 Å². The number of fused-ring (bicyclic) bond motifs is 1. The van der Waals surface area contributed by atoms with E-state index in [-0.39, 0.29) is 16.7 Å². The van der Waals surface area contributed by atoms with E-state index in [0.29, 0.717) is 12.3 Å². The molecular formula is C23H31N3O4S. The zero-order valence-electron chi connectivity index (χ0n) is 18.4. The van der Waals surface area contributed by atoms with E-state index in [9.17, 15) is 8.42 Å². The van der Waals surface area contributed by atoms with Crippen LogP contribution in [0.2, 0.25) is 0 Å². The molecule has 1 saturated heterocycles. The standard InChI is InChI=1S/C23H31N3O4S/c1-25-13-10-18-14-17(6-8-20(18)25)21(26-11-4-5-12-26)16-24-31(27,28)23-9-7-19(29-2)15-22(23)30-3/h6-9,14-15,21,24H,4-5,10-13,16H2,1-3H3. The Balaban J connectivity index is 1.58. The fourth-order valence-electron chi connectivity index (χ4n) is 4.57. The quantitative estimate of drug-likeness (QED) is 0.674. The minimum Gasteiger partial charge on any atom is -0.497 e. The molecule has 8 heteroatoms. The molecule has 1 atom stereocenters. The number of rotatable bonds is 8. The van der Waals surface area contributed by atoms with Gasteiger partial charge in [-0.1, -0.05) is 12.1 Å². The predicted octanol–water partition coefficient (Wildman–Crippen LogP) is 2.81. The second-order valence-electron chi connectivity index (χ2n) is 8.19. The highest BCUT2D eigenvalue weighted by Gasteiger charge is 2.28. The molecule has 2 aromatic rings. The number of nitrogens with zero attached hydrogens (tertiary/aromatic N) is 2. The van der Waals surface area contributed by atoms with Gasteiger partial charge in [-0.3, -0.25) is 4.90 Å². The number of hydrogen-bond acceptors (Lipinski definition) is 6. The van der Waals surface area contributed by atoms with Gasteiger partial charge in [0.1, 0.15) is 16.4 Å². The van der Waals surface area contributed by atoms with Crippen molar-refractivity contribution in [1.82, 2.24) is 9.62 Å². The molecule has 0 amide bonds. The molecule has 168 valence electrons. The van der Waals surface area contributed by atoms with Gasteiger partial charge in [0.25, 0.3) is 0 Å². The maximum atomic E-state index is 13.1. The van der Waals surface area contributed by atoms with Crippen LogP contribution >= 0.6 is 0 Å². The molecule has 0 aliphatic carbocycles. The molecule has 0 aromatic heterocycles. The molecule has 0 spiro atoms. The van der Waals surface area contributed by atoms with Crippen LogP contribution in [0.4, 0.5) is 5.69 Å². The van der Waals surface area contributed by atoms with Gasteiger partial charge in [0.15, 0.2) is 0 Å². The molecular weight excluding hydrogens is 414 g/mol. The Hall–Kier alpha value is -2.29. The zero-order chi connectivity index (χ0) is 22.0. The lowest BCUT2D eigenvalue weighted by molar-refractivity contribution is 0.246. The van der Waals surface area contributed by atoms with Crippen LogP contribution in [0.5, 0.6) is 11.5 Å². The summed E-state index contributed by atoms with van der Waals surface area (Å²) in [6.07, 6.45) is 3.31. The molecule has 31 heavy (non-hydrogen) atoms. The van der Waals surface area contributed by atoms with Crippen LogP contribution in [-0.4, -0.2) is 60.8 Å². The van der Waals surface area contributed by atoms with Crippen LogP contribution in [0, 0.1) is 0 Å². The van der Waals surface area contributed by atoms with E-state index in [2.05, 4.69) is 39.8 Å². The van der Waals surface area contributed by atoms with Crippen LogP contribution in [0.15, 0.2) is 41.3 Å². The van der Waals surface area contributed by atoms with E-state index in [1.807, 2.05) is 0 Å². The molecule has 2 aliphatic rings. The summed E-state index contributed by atoms with van der Waals surface area (Å²) in [5.41, 5.74) is 3.77. The summed E-state index contributed by atoms with van der Waals surface area (Å²) in [5, 5.41) is 0. The first-order chi connectivity index (χ1) is 14.9. The van der Waals surface area contributed by atoms with Crippen molar-refractivity contribution < 1.29 is 17.9 Å². The monoisotopic (exact) mass is 445 g/mol. The van der Waals surface area contributed by atoms with Crippen LogP contribution in [0.3, 0.4) is 0 Å². The predicted molar refractivity (Wildman–Crippen MR) is 122 cm³/mol. The Kier molecular flexibility index (Phi) is 6.41. The van der Waals surface area contributed by atoms with Crippen molar-refractivity contribution in [3.63, 3.8) is 0 Å². The van der Waals surface area contributed by atoms with E-state index in [4.69, 9.17) is 9.47 Å². The summed E-state index contributed by atoms with van der Waals surface area (Å²) in [4.78, 5) is 4.77. The van der Waals surface area contributed by atoms with Crippen LogP contribution in [0.25, 0.3) is 0 Å². The summed E-state index contributed by atoms with van der Waals surface area (Å²) in [6, 6.07) is 11.3. The van der Waals surface area contributed by atoms with Gasteiger partial charge in [0.05, 0.1) is 14.2 Å². The van der Waals surface area contributed by atoms with E-state index in [1.54, 1.807) is 12.1 Å². The summed E-state index contributed by atoms with van der Waals surface area (Å²) >= 11 is 0. The molecule has 0 bridgehead atoms. The van der Waals surface area contributed by atoms with Crippen LogP contribution in [0.1, 0.15) is 30.0 Å². The molecule has 1 unspecified atom stereocenters. The Labute approximate surface area is 185 Å². The normalized spacial score (nSPS) is 17.6. The van der Waals surface area contributed by atoms with E-state index >= 15 is 0 Å². The van der Waals surface area contributed by atoms with Crippen molar-refractivity contribution in [2.24, 2.45) is 0 Å². The minimum atomic E-state index is -3.75. The maximum absolute atomic E-state index is 13.1. The number of benzene rings is 2. The first-order valence-electron chi connectivity index (χ1n) is 10.7. The summed E-state index contributed by atoms with van der Waals surface area (Å²) in [6.45, 7) is 3.30. The van der Waals surface area contributed by atoms with E-state index in [1.165, 1.54) is 37.1 Å². The topological polar surface area (TPSA) is 71.1 Å². The lowest BCUT2D eigenvalue weighted by atomic mass is 10.0. The largest absolute Gasteiger partial charge is 0.497 e. The molecule has 7 nitrogen and oxygen atoms in total. The number of hydrogen-bond donors (Lipinski definition) is 1. The number of ether oxygens (including phenoxy) is 2. The number of anilines is 1. The molecule has 2 heterocycles. The van der Waals surface area contributed by atoms with Crippen molar-refractivity contribution in [1.29, 1.82) is 0 Å². The van der Waals surface area contributed by atoms with E-state index in [0.717, 1.165) is 38.9 Å². The van der Waals surface area contributed by atoms with Crippen molar-refractivity contribution in [2.75, 3.05) is 52.3 Å². The van der Waals surface area contributed by atoms with Gasteiger partial charge in [-0.25, -0.2) is 13.1 Å². The molecule has 2 aliphatic heterocycles. The first kappa shape index (κ1) is 21.9. The number of sulfonamides is 1. The van der Waals surface area contributed by atoms with Gasteiger partial charge in [-0.15, -0.1) is 0 Å². The molecule has 0 saturated carbocycles. The SMILES string of the molecule is COc1ccc(S(=O)(=O)NCC(c2ccc3c(c2)CCN3C)N2CCCC2)c(OC)c1. The van der Waals surface area contributed by atoms with Gasteiger partial charge >= 0.3 is 0 Å². The summed E-state index contributed by atoms with van der Waals surface area (Å²) < 4.78 is 39.6. The fraction of sp³-hybridized carbons (Fsp3) is 0.478. The van der Waals surface area contributed by atoms with Crippen LogP contribution < -0.4 is 19.1 Å². The van der Waals surface area contributed by atoms with Crippen LogP contribution in [-0.2, 0) is 16.4 Å². The average Bonchev–Trinajstić information content (AvgIpc) is 3.43. The minimum absolute atomic E-state index is 0.00211. The van der Waals surface area contributed by atoms with Gasteiger partial charge in [-0.05, 0) is 61.7 Å². The lowest BCUT2D eigenvalue weighted by Gasteiger charge is -2.29. The third-order valence-electron chi connectivity index (χ3n) is 6.32. The lowest BCUT2D eigenvalue weighted by Crippen LogP contribution is -2.37. The Bertz CT molecular complexity index is 1040. The van der Waals surface area contributed by atoms with Gasteiger partial charge < -0.3 is 14.4 Å². The highest BCUT2D eigenvalue weighted by atomic mass is 32.2. The Morgan fingerprint density at radius 1 is 1.03 bits per heavy atom. The maximum Gasteiger partial charge on any atom is 0.244 e. The second-order valence-corrected chi connectivity index (χ2v) is 9.92. The molecule has 1 fully saturated rings. The van der Waals surface area contributed by atoms with Crippen molar-refractivity contribution in [3.05, 3.63) is 47.5 Å². The Morgan fingerprint density at radius 2 is 1.81 bits per heavy atom. The van der Waals surface area contributed by atoms with Crippen molar-refractivity contribution in [2.45, 2.75) is 30.2 Å². The first-order valence-corrected chi connectivity index (χ1v) is 12.2. The molecule has 0 radical (unpaired) electrons.